The van der Waals surface area contributed by atoms with Crippen LogP contribution in [-0.2, 0) is 10.8 Å². The molecule has 1 unspecified atom stereocenters. The molecule has 1 aliphatic rings. The van der Waals surface area contributed by atoms with E-state index in [2.05, 4.69) is 16.6 Å². The highest BCUT2D eigenvalue weighted by Crippen LogP contribution is 2.40. The fraction of sp³-hybridized carbons (Fsp3) is 0.226. The third-order valence-electron chi connectivity index (χ3n) is 6.09. The van der Waals surface area contributed by atoms with Crippen molar-refractivity contribution in [2.24, 2.45) is 0 Å². The number of benzene rings is 3. The molecule has 0 amide bonds. The van der Waals surface area contributed by atoms with Crippen molar-refractivity contribution in [1.29, 1.82) is 0 Å². The molecular weight excluding hydrogens is 575 g/mol. The lowest BCUT2D eigenvalue weighted by molar-refractivity contribution is -0.230. The SMILES string of the molecule is CCCCOc1ccc(C#Cc2ccc(-c3cc(F)c(C(F)(F)OC4=CC(F)=C(F)C(F)C4)c(F)c3)c(F)c2)c(F)c1. The van der Waals surface area contributed by atoms with Gasteiger partial charge in [-0.1, -0.05) is 31.3 Å². The zero-order chi connectivity index (χ0) is 30.6. The van der Waals surface area contributed by atoms with E-state index in [4.69, 9.17) is 4.74 Å². The van der Waals surface area contributed by atoms with Crippen LogP contribution in [0.15, 0.2) is 72.0 Å². The molecule has 0 N–H and O–H groups in total. The number of unbranched alkanes of at least 4 members (excludes halogenated alkanes) is 1. The Hall–Kier alpha value is -4.33. The molecule has 0 saturated carbocycles. The fourth-order valence-corrected chi connectivity index (χ4v) is 3.97. The Morgan fingerprint density at radius 2 is 1.57 bits per heavy atom. The van der Waals surface area contributed by atoms with E-state index in [1.165, 1.54) is 24.3 Å². The summed E-state index contributed by atoms with van der Waals surface area (Å²) in [5.74, 6) is -4.58. The first-order chi connectivity index (χ1) is 19.9. The van der Waals surface area contributed by atoms with Gasteiger partial charge in [0.05, 0.1) is 12.2 Å². The molecule has 0 saturated heterocycles. The zero-order valence-electron chi connectivity index (χ0n) is 21.8. The van der Waals surface area contributed by atoms with Crippen molar-refractivity contribution in [3.8, 4) is 28.7 Å². The van der Waals surface area contributed by atoms with Gasteiger partial charge in [0, 0.05) is 29.7 Å². The normalized spacial score (nSPS) is 15.2. The van der Waals surface area contributed by atoms with Gasteiger partial charge in [0.1, 0.15) is 40.3 Å². The largest absolute Gasteiger partial charge is 0.493 e. The second-order valence-electron chi connectivity index (χ2n) is 9.20. The number of hydrogen-bond acceptors (Lipinski definition) is 2. The lowest BCUT2D eigenvalue weighted by Crippen LogP contribution is -2.24. The molecular formula is C31H21F9O2. The van der Waals surface area contributed by atoms with Crippen LogP contribution in [-0.4, -0.2) is 12.8 Å². The maximum absolute atomic E-state index is 14.9. The summed E-state index contributed by atoms with van der Waals surface area (Å²) in [5.41, 5.74) is -2.62. The Morgan fingerprint density at radius 3 is 2.19 bits per heavy atom. The summed E-state index contributed by atoms with van der Waals surface area (Å²) in [6.45, 7) is 2.41. The van der Waals surface area contributed by atoms with E-state index in [9.17, 15) is 39.5 Å². The molecule has 220 valence electrons. The maximum atomic E-state index is 14.9. The third-order valence-corrected chi connectivity index (χ3v) is 6.09. The van der Waals surface area contributed by atoms with E-state index in [1.807, 2.05) is 6.92 Å². The molecule has 1 aliphatic carbocycles. The molecule has 0 spiro atoms. The Bertz CT molecular complexity index is 1590. The van der Waals surface area contributed by atoms with Crippen molar-refractivity contribution in [3.05, 3.63) is 112 Å². The monoisotopic (exact) mass is 596 g/mol. The van der Waals surface area contributed by atoms with Gasteiger partial charge >= 0.3 is 6.11 Å². The van der Waals surface area contributed by atoms with Crippen LogP contribution in [0.3, 0.4) is 0 Å². The fourth-order valence-electron chi connectivity index (χ4n) is 3.97. The zero-order valence-corrected chi connectivity index (χ0v) is 21.8. The predicted molar refractivity (Wildman–Crippen MR) is 136 cm³/mol. The van der Waals surface area contributed by atoms with Gasteiger partial charge < -0.3 is 9.47 Å². The first-order valence-corrected chi connectivity index (χ1v) is 12.6. The number of rotatable bonds is 8. The smallest absolute Gasteiger partial charge is 0.432 e. The number of ether oxygens (including phenoxy) is 2. The van der Waals surface area contributed by atoms with Crippen LogP contribution in [0.2, 0.25) is 0 Å². The number of alkyl halides is 3. The summed E-state index contributed by atoms with van der Waals surface area (Å²) in [7, 11) is 0. The van der Waals surface area contributed by atoms with Crippen molar-refractivity contribution < 1.29 is 49.0 Å². The predicted octanol–water partition coefficient (Wildman–Crippen LogP) is 9.33. The highest BCUT2D eigenvalue weighted by atomic mass is 19.3. The topological polar surface area (TPSA) is 18.5 Å². The average Bonchev–Trinajstić information content (AvgIpc) is 2.90. The molecule has 0 aromatic heterocycles. The average molecular weight is 596 g/mol. The van der Waals surface area contributed by atoms with E-state index in [0.29, 0.717) is 24.5 Å². The van der Waals surface area contributed by atoms with Crippen LogP contribution in [0.5, 0.6) is 5.75 Å². The van der Waals surface area contributed by atoms with Crippen LogP contribution in [0.4, 0.5) is 39.5 Å². The minimum atomic E-state index is -4.75. The molecule has 0 fully saturated rings. The Balaban J connectivity index is 1.54. The number of allylic oxidation sites excluding steroid dienone is 4. The molecule has 2 nitrogen and oxygen atoms in total. The second kappa shape index (κ2) is 12.7. The summed E-state index contributed by atoms with van der Waals surface area (Å²) in [6.07, 6.45) is -6.62. The van der Waals surface area contributed by atoms with Gasteiger partial charge in [0.25, 0.3) is 0 Å². The molecule has 4 rings (SSSR count). The highest BCUT2D eigenvalue weighted by molar-refractivity contribution is 5.66. The van der Waals surface area contributed by atoms with Crippen LogP contribution in [0.25, 0.3) is 11.1 Å². The van der Waals surface area contributed by atoms with Crippen molar-refractivity contribution >= 4 is 0 Å². The van der Waals surface area contributed by atoms with E-state index in [-0.39, 0.29) is 22.8 Å². The Kier molecular flexibility index (Phi) is 9.24. The quantitative estimate of drug-likeness (QED) is 0.147. The van der Waals surface area contributed by atoms with Gasteiger partial charge in [0.2, 0.25) is 0 Å². The van der Waals surface area contributed by atoms with Crippen molar-refractivity contribution in [2.45, 2.75) is 38.5 Å². The highest BCUT2D eigenvalue weighted by Gasteiger charge is 2.43. The van der Waals surface area contributed by atoms with Gasteiger partial charge in [-0.2, -0.15) is 8.78 Å². The molecule has 42 heavy (non-hydrogen) atoms. The summed E-state index contributed by atoms with van der Waals surface area (Å²) in [6, 6.07) is 8.23. The van der Waals surface area contributed by atoms with Crippen LogP contribution >= 0.6 is 0 Å². The summed E-state index contributed by atoms with van der Waals surface area (Å²) >= 11 is 0. The summed E-state index contributed by atoms with van der Waals surface area (Å²) in [5, 5.41) is 0. The first-order valence-electron chi connectivity index (χ1n) is 12.6. The van der Waals surface area contributed by atoms with Gasteiger partial charge in [-0.05, 0) is 48.4 Å². The Labute approximate surface area is 235 Å². The molecule has 3 aromatic rings. The van der Waals surface area contributed by atoms with Gasteiger partial charge in [-0.25, -0.2) is 30.7 Å². The second-order valence-corrected chi connectivity index (χ2v) is 9.20. The van der Waals surface area contributed by atoms with Gasteiger partial charge in [-0.3, -0.25) is 0 Å². The number of halogens is 9. The van der Waals surface area contributed by atoms with Crippen LogP contribution in [0, 0.1) is 35.1 Å². The van der Waals surface area contributed by atoms with E-state index in [1.54, 1.807) is 0 Å². The minimum absolute atomic E-state index is 0.0140. The Morgan fingerprint density at radius 1 is 0.857 bits per heavy atom. The first kappa shape index (κ1) is 30.6. The molecule has 0 radical (unpaired) electrons. The van der Waals surface area contributed by atoms with E-state index < -0.39 is 70.5 Å². The van der Waals surface area contributed by atoms with E-state index >= 15 is 0 Å². The summed E-state index contributed by atoms with van der Waals surface area (Å²) < 4.78 is 137. The summed E-state index contributed by atoms with van der Waals surface area (Å²) in [4.78, 5) is 0. The van der Waals surface area contributed by atoms with Crippen molar-refractivity contribution in [1.82, 2.24) is 0 Å². The van der Waals surface area contributed by atoms with Gasteiger partial charge in [0.15, 0.2) is 17.8 Å². The van der Waals surface area contributed by atoms with E-state index in [0.717, 1.165) is 25.0 Å². The lowest BCUT2D eigenvalue weighted by atomic mass is 10.00. The maximum Gasteiger partial charge on any atom is 0.432 e. The molecule has 11 heteroatoms. The molecule has 0 bridgehead atoms. The van der Waals surface area contributed by atoms with Crippen molar-refractivity contribution in [3.63, 3.8) is 0 Å². The minimum Gasteiger partial charge on any atom is -0.493 e. The van der Waals surface area contributed by atoms with Crippen LogP contribution in [0.1, 0.15) is 42.9 Å². The van der Waals surface area contributed by atoms with Crippen LogP contribution < -0.4 is 4.74 Å². The number of hydrogen-bond donors (Lipinski definition) is 0. The molecule has 1 atom stereocenters. The molecule has 0 aliphatic heterocycles. The van der Waals surface area contributed by atoms with Gasteiger partial charge in [-0.15, -0.1) is 0 Å². The molecule has 3 aromatic carbocycles. The third kappa shape index (κ3) is 6.93. The van der Waals surface area contributed by atoms with Crippen molar-refractivity contribution in [2.75, 3.05) is 6.61 Å². The standard InChI is InChI=1S/C31H21F9O2/c1-2-3-10-41-20-8-7-18(23(32)14-20)6-4-17-5-9-22(24(33)11-17)19-12-25(34)29(26(35)13-19)31(39,40)42-21-15-27(36)30(38)28(37)16-21/h5,7-9,11-15,28H,2-3,10,16H2,1H3. The lowest BCUT2D eigenvalue weighted by Gasteiger charge is -2.23. The molecule has 0 heterocycles.